The van der Waals surface area contributed by atoms with Gasteiger partial charge in [0.1, 0.15) is 6.61 Å². The number of hydrogen-bond acceptors (Lipinski definition) is 6. The van der Waals surface area contributed by atoms with Crippen LogP contribution in [0.15, 0.2) is 18.3 Å². The molecule has 11 heteroatoms. The SMILES string of the molecule is Cc1c(C(=O)NCCOc2ccc(Cl)cn2)nnn1C1CCNCC1.Cl.Cl. The third-order valence-electron chi connectivity index (χ3n) is 4.13. The van der Waals surface area contributed by atoms with Gasteiger partial charge in [0.05, 0.1) is 23.3 Å². The third kappa shape index (κ3) is 6.21. The van der Waals surface area contributed by atoms with E-state index in [9.17, 15) is 4.79 Å². The minimum atomic E-state index is -0.245. The standard InChI is InChI=1S/C16H21ClN6O2.2ClH/c1-11-15(21-22-23(11)13-4-6-18-7-5-13)16(24)19-8-9-25-14-3-2-12(17)10-20-14;;/h2-3,10,13,18H,4-9H2,1H3,(H,19,24);2*1H. The molecule has 1 saturated heterocycles. The maximum absolute atomic E-state index is 12.3. The Labute approximate surface area is 175 Å². The number of carbonyl (C=O) groups excluding carboxylic acids is 1. The lowest BCUT2D eigenvalue weighted by Crippen LogP contribution is -2.31. The van der Waals surface area contributed by atoms with Gasteiger partial charge >= 0.3 is 0 Å². The molecule has 3 rings (SSSR count). The average Bonchev–Trinajstić information content (AvgIpc) is 3.02. The molecule has 1 amide bonds. The summed E-state index contributed by atoms with van der Waals surface area (Å²) in [6.07, 6.45) is 3.50. The number of amides is 1. The van der Waals surface area contributed by atoms with Gasteiger partial charge in [0.15, 0.2) is 5.69 Å². The van der Waals surface area contributed by atoms with Crippen LogP contribution in [0.25, 0.3) is 0 Å². The first-order valence-corrected chi connectivity index (χ1v) is 8.68. The molecule has 0 aromatic carbocycles. The van der Waals surface area contributed by atoms with Crippen molar-refractivity contribution in [2.75, 3.05) is 26.2 Å². The lowest BCUT2D eigenvalue weighted by molar-refractivity contribution is 0.0941. The third-order valence-corrected chi connectivity index (χ3v) is 4.36. The average molecular weight is 438 g/mol. The molecule has 1 fully saturated rings. The summed E-state index contributed by atoms with van der Waals surface area (Å²) in [6, 6.07) is 3.68. The van der Waals surface area contributed by atoms with E-state index in [0.717, 1.165) is 31.6 Å². The molecule has 0 saturated carbocycles. The summed E-state index contributed by atoms with van der Waals surface area (Å²) in [5.74, 6) is 0.219. The molecule has 2 N–H and O–H groups in total. The lowest BCUT2D eigenvalue weighted by Gasteiger charge is -2.23. The van der Waals surface area contributed by atoms with Crippen LogP contribution in [-0.4, -0.2) is 52.1 Å². The van der Waals surface area contributed by atoms with Crippen LogP contribution >= 0.6 is 36.4 Å². The van der Waals surface area contributed by atoms with Crippen LogP contribution in [0, 0.1) is 6.92 Å². The second-order valence-corrected chi connectivity index (χ2v) is 6.30. The Morgan fingerprint density at radius 1 is 1.37 bits per heavy atom. The van der Waals surface area contributed by atoms with Gasteiger partial charge in [-0.3, -0.25) is 4.79 Å². The monoisotopic (exact) mass is 436 g/mol. The quantitative estimate of drug-likeness (QED) is 0.673. The number of ether oxygens (including phenoxy) is 1. The summed E-state index contributed by atoms with van der Waals surface area (Å²) in [7, 11) is 0. The summed E-state index contributed by atoms with van der Waals surface area (Å²) in [4.78, 5) is 16.3. The zero-order valence-electron chi connectivity index (χ0n) is 14.9. The largest absolute Gasteiger partial charge is 0.476 e. The van der Waals surface area contributed by atoms with Gasteiger partial charge in [0.2, 0.25) is 5.88 Å². The van der Waals surface area contributed by atoms with Crippen molar-refractivity contribution in [2.45, 2.75) is 25.8 Å². The van der Waals surface area contributed by atoms with Crippen LogP contribution in [0.5, 0.6) is 5.88 Å². The van der Waals surface area contributed by atoms with Crippen LogP contribution in [0.4, 0.5) is 0 Å². The molecule has 0 atom stereocenters. The Morgan fingerprint density at radius 3 is 2.78 bits per heavy atom. The van der Waals surface area contributed by atoms with E-state index in [2.05, 4.69) is 25.9 Å². The second-order valence-electron chi connectivity index (χ2n) is 5.87. The molecule has 1 aliphatic heterocycles. The number of rotatable bonds is 6. The molecule has 3 heterocycles. The number of piperidine rings is 1. The number of nitrogens with zero attached hydrogens (tertiary/aromatic N) is 4. The van der Waals surface area contributed by atoms with E-state index in [-0.39, 0.29) is 30.7 Å². The van der Waals surface area contributed by atoms with Crippen molar-refractivity contribution in [3.8, 4) is 5.88 Å². The molecule has 0 unspecified atom stereocenters. The molecule has 2 aromatic rings. The van der Waals surface area contributed by atoms with Crippen molar-refractivity contribution in [3.05, 3.63) is 34.7 Å². The van der Waals surface area contributed by atoms with Gasteiger partial charge in [-0.1, -0.05) is 16.8 Å². The summed E-state index contributed by atoms with van der Waals surface area (Å²) < 4.78 is 7.31. The molecular weight excluding hydrogens is 415 g/mol. The van der Waals surface area contributed by atoms with Gasteiger partial charge in [-0.05, 0) is 38.9 Å². The molecule has 27 heavy (non-hydrogen) atoms. The maximum Gasteiger partial charge on any atom is 0.273 e. The molecule has 0 spiro atoms. The van der Waals surface area contributed by atoms with E-state index in [0.29, 0.717) is 35.8 Å². The number of nitrogens with one attached hydrogen (secondary N) is 2. The van der Waals surface area contributed by atoms with E-state index >= 15 is 0 Å². The van der Waals surface area contributed by atoms with E-state index < -0.39 is 0 Å². The van der Waals surface area contributed by atoms with E-state index in [4.69, 9.17) is 16.3 Å². The van der Waals surface area contributed by atoms with Crippen molar-refractivity contribution >= 4 is 42.3 Å². The van der Waals surface area contributed by atoms with E-state index in [1.54, 1.807) is 12.1 Å². The van der Waals surface area contributed by atoms with Gasteiger partial charge in [-0.25, -0.2) is 9.67 Å². The molecule has 0 aliphatic carbocycles. The molecule has 8 nitrogen and oxygen atoms in total. The fourth-order valence-electron chi connectivity index (χ4n) is 2.80. The highest BCUT2D eigenvalue weighted by molar-refractivity contribution is 6.30. The zero-order valence-corrected chi connectivity index (χ0v) is 17.2. The first kappa shape index (κ1) is 23.4. The number of carbonyl (C=O) groups is 1. The number of hydrogen-bond donors (Lipinski definition) is 2. The Bertz CT molecular complexity index is 719. The Morgan fingerprint density at radius 2 is 2.11 bits per heavy atom. The molecular formula is C16H23Cl3N6O2. The Kier molecular flexibility index (Phi) is 9.79. The van der Waals surface area contributed by atoms with Crippen LogP contribution in [0.1, 0.15) is 35.1 Å². The fourth-order valence-corrected chi connectivity index (χ4v) is 2.91. The highest BCUT2D eigenvalue weighted by Crippen LogP contribution is 2.20. The Balaban J connectivity index is 0.00000182. The molecule has 150 valence electrons. The van der Waals surface area contributed by atoms with E-state index in [1.807, 2.05) is 11.6 Å². The summed E-state index contributed by atoms with van der Waals surface area (Å²) in [5, 5.41) is 14.9. The number of pyridine rings is 1. The normalized spacial score (nSPS) is 14.0. The zero-order chi connectivity index (χ0) is 17.6. The van der Waals surface area contributed by atoms with Crippen LogP contribution in [-0.2, 0) is 0 Å². The van der Waals surface area contributed by atoms with Crippen molar-refractivity contribution in [1.82, 2.24) is 30.6 Å². The highest BCUT2D eigenvalue weighted by atomic mass is 35.5. The van der Waals surface area contributed by atoms with Gasteiger partial charge in [0.25, 0.3) is 5.91 Å². The van der Waals surface area contributed by atoms with E-state index in [1.165, 1.54) is 6.20 Å². The first-order valence-electron chi connectivity index (χ1n) is 8.30. The minimum Gasteiger partial charge on any atom is -0.476 e. The Hall–Kier alpha value is -1.61. The molecule has 1 aliphatic rings. The fraction of sp³-hybridized carbons (Fsp3) is 0.500. The molecule has 0 bridgehead atoms. The van der Waals surface area contributed by atoms with Gasteiger partial charge in [-0.15, -0.1) is 29.9 Å². The van der Waals surface area contributed by atoms with Crippen LogP contribution < -0.4 is 15.4 Å². The maximum atomic E-state index is 12.3. The van der Waals surface area contributed by atoms with Gasteiger partial charge in [0, 0.05) is 12.3 Å². The van der Waals surface area contributed by atoms with Gasteiger partial charge in [-0.2, -0.15) is 0 Å². The highest BCUT2D eigenvalue weighted by Gasteiger charge is 2.22. The van der Waals surface area contributed by atoms with Crippen molar-refractivity contribution < 1.29 is 9.53 Å². The van der Waals surface area contributed by atoms with Gasteiger partial charge < -0.3 is 15.4 Å². The predicted octanol–water partition coefficient (Wildman–Crippen LogP) is 2.21. The van der Waals surface area contributed by atoms with Crippen LogP contribution in [0.3, 0.4) is 0 Å². The molecule has 2 aromatic heterocycles. The first-order chi connectivity index (χ1) is 12.1. The summed E-state index contributed by atoms with van der Waals surface area (Å²) >= 11 is 5.76. The minimum absolute atomic E-state index is 0. The summed E-state index contributed by atoms with van der Waals surface area (Å²) in [6.45, 7) is 4.46. The molecule has 0 radical (unpaired) electrons. The smallest absolute Gasteiger partial charge is 0.273 e. The van der Waals surface area contributed by atoms with Crippen molar-refractivity contribution in [2.24, 2.45) is 0 Å². The summed E-state index contributed by atoms with van der Waals surface area (Å²) in [5.41, 5.74) is 1.16. The van der Waals surface area contributed by atoms with Crippen molar-refractivity contribution in [1.29, 1.82) is 0 Å². The second kappa shape index (κ2) is 11.3. The topological polar surface area (TPSA) is 94.0 Å². The predicted molar refractivity (Wildman–Crippen MR) is 107 cm³/mol. The van der Waals surface area contributed by atoms with Crippen molar-refractivity contribution in [3.63, 3.8) is 0 Å². The van der Waals surface area contributed by atoms with Crippen LogP contribution in [0.2, 0.25) is 5.02 Å². The number of halogens is 3. The lowest BCUT2D eigenvalue weighted by atomic mass is 10.1. The number of aromatic nitrogens is 4.